The van der Waals surface area contributed by atoms with Crippen LogP contribution < -0.4 is 4.74 Å². The van der Waals surface area contributed by atoms with E-state index in [-0.39, 0.29) is 5.88 Å². The number of aryl methyl sites for hydroxylation is 1. The largest absolute Gasteiger partial charge is 0.477 e. The highest BCUT2D eigenvalue weighted by atomic mass is 19.3. The highest BCUT2D eigenvalue weighted by molar-refractivity contribution is 5.32. The van der Waals surface area contributed by atoms with Crippen molar-refractivity contribution >= 4 is 0 Å². The molecule has 0 atom stereocenters. The zero-order valence-corrected chi connectivity index (χ0v) is 7.26. The Morgan fingerprint density at radius 3 is 3.00 bits per heavy atom. The van der Waals surface area contributed by atoms with Crippen molar-refractivity contribution in [1.29, 1.82) is 0 Å². The van der Waals surface area contributed by atoms with E-state index in [2.05, 4.69) is 5.10 Å². The first kappa shape index (κ1) is 8.47. The molecule has 2 rings (SSSR count). The summed E-state index contributed by atoms with van der Waals surface area (Å²) in [5, 5.41) is 3.73. The van der Waals surface area contributed by atoms with Crippen molar-refractivity contribution in [3.05, 3.63) is 11.3 Å². The number of hydrogen-bond acceptors (Lipinski definition) is 2. The maximum atomic E-state index is 12.4. The maximum absolute atomic E-state index is 12.4. The van der Waals surface area contributed by atoms with Crippen LogP contribution in [0.25, 0.3) is 0 Å². The quantitative estimate of drug-likeness (QED) is 0.673. The van der Waals surface area contributed by atoms with Crippen LogP contribution in [-0.2, 0) is 6.42 Å². The van der Waals surface area contributed by atoms with Crippen molar-refractivity contribution in [2.75, 3.05) is 6.61 Å². The number of hydrogen-bond donors (Lipinski definition) is 0. The van der Waals surface area contributed by atoms with Crippen LogP contribution in [0.4, 0.5) is 8.78 Å². The Morgan fingerprint density at radius 1 is 1.54 bits per heavy atom. The van der Waals surface area contributed by atoms with Crippen molar-refractivity contribution < 1.29 is 13.5 Å². The average molecular weight is 188 g/mol. The van der Waals surface area contributed by atoms with Gasteiger partial charge in [-0.25, -0.2) is 0 Å². The van der Waals surface area contributed by atoms with Crippen molar-refractivity contribution in [2.24, 2.45) is 0 Å². The number of nitrogens with zero attached hydrogens (tertiary/aromatic N) is 2. The van der Waals surface area contributed by atoms with Crippen LogP contribution in [0.15, 0.2) is 0 Å². The zero-order chi connectivity index (χ0) is 9.42. The number of aromatic nitrogens is 2. The van der Waals surface area contributed by atoms with Gasteiger partial charge in [0.25, 0.3) is 0 Å². The standard InChI is InChI=1S/C8H10F2N2O/c1-5-6-3-2-4-13-7(6)12(11-5)8(9)10/h8H,2-4H2,1H3. The second kappa shape index (κ2) is 2.97. The van der Waals surface area contributed by atoms with Gasteiger partial charge in [0.2, 0.25) is 5.88 Å². The van der Waals surface area contributed by atoms with Crippen LogP contribution in [-0.4, -0.2) is 16.4 Å². The highest BCUT2D eigenvalue weighted by Crippen LogP contribution is 2.30. The third kappa shape index (κ3) is 1.28. The molecule has 0 fully saturated rings. The molecule has 0 saturated heterocycles. The minimum absolute atomic E-state index is 0.249. The Kier molecular flexibility index (Phi) is 1.94. The van der Waals surface area contributed by atoms with Gasteiger partial charge in [-0.3, -0.25) is 0 Å². The van der Waals surface area contributed by atoms with E-state index in [4.69, 9.17) is 4.74 Å². The van der Waals surface area contributed by atoms with Gasteiger partial charge in [-0.2, -0.15) is 18.6 Å². The Morgan fingerprint density at radius 2 is 2.31 bits per heavy atom. The van der Waals surface area contributed by atoms with Crippen LogP contribution in [0.3, 0.4) is 0 Å². The molecular weight excluding hydrogens is 178 g/mol. The molecule has 0 N–H and O–H groups in total. The number of rotatable bonds is 1. The van der Waals surface area contributed by atoms with Crippen molar-refractivity contribution in [3.8, 4) is 5.88 Å². The molecule has 0 amide bonds. The third-order valence-electron chi connectivity index (χ3n) is 2.16. The summed E-state index contributed by atoms with van der Waals surface area (Å²) in [5.74, 6) is 0.249. The van der Waals surface area contributed by atoms with Crippen LogP contribution in [0.1, 0.15) is 24.2 Å². The van der Waals surface area contributed by atoms with Crippen LogP contribution in [0.5, 0.6) is 5.88 Å². The van der Waals surface area contributed by atoms with Gasteiger partial charge < -0.3 is 4.74 Å². The number of alkyl halides is 2. The molecule has 0 bridgehead atoms. The van der Waals surface area contributed by atoms with E-state index in [0.29, 0.717) is 17.0 Å². The molecular formula is C8H10F2N2O. The first-order chi connectivity index (χ1) is 6.20. The lowest BCUT2D eigenvalue weighted by atomic mass is 10.1. The first-order valence-corrected chi connectivity index (χ1v) is 4.19. The van der Waals surface area contributed by atoms with Gasteiger partial charge in [-0.15, -0.1) is 0 Å². The molecule has 0 spiro atoms. The van der Waals surface area contributed by atoms with Crippen LogP contribution in [0, 0.1) is 6.92 Å². The molecule has 72 valence electrons. The van der Waals surface area contributed by atoms with Gasteiger partial charge in [-0.1, -0.05) is 0 Å². The molecule has 1 aromatic heterocycles. The lowest BCUT2D eigenvalue weighted by Crippen LogP contribution is -2.12. The fourth-order valence-electron chi connectivity index (χ4n) is 1.55. The molecule has 5 heteroatoms. The monoisotopic (exact) mass is 188 g/mol. The lowest BCUT2D eigenvalue weighted by molar-refractivity contribution is 0.0438. The highest BCUT2D eigenvalue weighted by Gasteiger charge is 2.23. The van der Waals surface area contributed by atoms with E-state index in [9.17, 15) is 8.78 Å². The minimum atomic E-state index is -2.61. The fraction of sp³-hybridized carbons (Fsp3) is 0.625. The third-order valence-corrected chi connectivity index (χ3v) is 2.16. The smallest absolute Gasteiger partial charge is 0.336 e. The summed E-state index contributed by atoms with van der Waals surface area (Å²) >= 11 is 0. The van der Waals surface area contributed by atoms with Crippen molar-refractivity contribution in [1.82, 2.24) is 9.78 Å². The van der Waals surface area contributed by atoms with Crippen LogP contribution >= 0.6 is 0 Å². The van der Waals surface area contributed by atoms with Gasteiger partial charge in [0.1, 0.15) is 0 Å². The van der Waals surface area contributed by atoms with Gasteiger partial charge in [0, 0.05) is 5.56 Å². The predicted octanol–water partition coefficient (Wildman–Crippen LogP) is 1.91. The Labute approximate surface area is 74.3 Å². The molecule has 0 aromatic carbocycles. The molecule has 0 radical (unpaired) electrons. The summed E-state index contributed by atoms with van der Waals surface area (Å²) in [4.78, 5) is 0. The molecule has 1 aliphatic rings. The molecule has 2 heterocycles. The van der Waals surface area contributed by atoms with Gasteiger partial charge in [0.05, 0.1) is 12.3 Å². The molecule has 0 saturated carbocycles. The number of ether oxygens (including phenoxy) is 1. The topological polar surface area (TPSA) is 27.1 Å². The van der Waals surface area contributed by atoms with Gasteiger partial charge in [0.15, 0.2) is 0 Å². The molecule has 0 unspecified atom stereocenters. The molecule has 13 heavy (non-hydrogen) atoms. The van der Waals surface area contributed by atoms with E-state index in [1.807, 2.05) is 0 Å². The summed E-state index contributed by atoms with van der Waals surface area (Å²) in [6, 6.07) is 0. The molecule has 0 aliphatic carbocycles. The Balaban J connectivity index is 2.47. The summed E-state index contributed by atoms with van der Waals surface area (Å²) in [6.45, 7) is -0.377. The van der Waals surface area contributed by atoms with Crippen LogP contribution in [0.2, 0.25) is 0 Å². The van der Waals surface area contributed by atoms with E-state index in [1.165, 1.54) is 0 Å². The second-order valence-corrected chi connectivity index (χ2v) is 3.04. The van der Waals surface area contributed by atoms with E-state index in [1.54, 1.807) is 6.92 Å². The van der Waals surface area contributed by atoms with E-state index >= 15 is 0 Å². The zero-order valence-electron chi connectivity index (χ0n) is 7.26. The summed E-state index contributed by atoms with van der Waals surface area (Å²) in [6.07, 6.45) is 1.66. The summed E-state index contributed by atoms with van der Waals surface area (Å²) in [7, 11) is 0. The predicted molar refractivity (Wildman–Crippen MR) is 42.0 cm³/mol. The number of fused-ring (bicyclic) bond motifs is 1. The summed E-state index contributed by atoms with van der Waals surface area (Å²) in [5.41, 5.74) is 1.47. The average Bonchev–Trinajstić information content (AvgIpc) is 2.45. The normalized spacial score (nSPS) is 15.7. The van der Waals surface area contributed by atoms with E-state index < -0.39 is 6.55 Å². The minimum Gasteiger partial charge on any atom is -0.477 e. The summed E-state index contributed by atoms with van der Waals surface area (Å²) < 4.78 is 30.6. The Hall–Kier alpha value is -1.13. The lowest BCUT2D eigenvalue weighted by Gasteiger charge is -2.14. The molecule has 3 nitrogen and oxygen atoms in total. The van der Waals surface area contributed by atoms with Gasteiger partial charge >= 0.3 is 6.55 Å². The maximum Gasteiger partial charge on any atom is 0.336 e. The first-order valence-electron chi connectivity index (χ1n) is 4.19. The molecule has 1 aromatic rings. The van der Waals surface area contributed by atoms with Crippen molar-refractivity contribution in [2.45, 2.75) is 26.3 Å². The fourth-order valence-corrected chi connectivity index (χ4v) is 1.55. The second-order valence-electron chi connectivity index (χ2n) is 3.04. The Bertz CT molecular complexity index is 322. The van der Waals surface area contributed by atoms with Crippen molar-refractivity contribution in [3.63, 3.8) is 0 Å². The van der Waals surface area contributed by atoms with E-state index in [0.717, 1.165) is 18.4 Å². The van der Waals surface area contributed by atoms with Gasteiger partial charge in [-0.05, 0) is 19.8 Å². The molecule has 1 aliphatic heterocycles. The number of halogens is 2. The SMILES string of the molecule is Cc1nn(C(F)F)c2c1CCCO2.